The zero-order valence-electron chi connectivity index (χ0n) is 17.9. The van der Waals surface area contributed by atoms with Crippen LogP contribution in [0.25, 0.3) is 10.6 Å². The van der Waals surface area contributed by atoms with Gasteiger partial charge in [0, 0.05) is 30.2 Å². The van der Waals surface area contributed by atoms with Crippen LogP contribution in [0.5, 0.6) is 11.5 Å². The summed E-state index contributed by atoms with van der Waals surface area (Å²) < 4.78 is 10.6. The van der Waals surface area contributed by atoms with E-state index in [1.807, 2.05) is 43.5 Å². The fraction of sp³-hybridized carbons (Fsp3) is 0.348. The van der Waals surface area contributed by atoms with Crippen molar-refractivity contribution in [3.05, 3.63) is 53.2 Å². The number of rotatable bonds is 7. The minimum absolute atomic E-state index is 0.209. The molecule has 1 N–H and O–H groups in total. The molecule has 1 fully saturated rings. The highest BCUT2D eigenvalue weighted by molar-refractivity contribution is 7.13. The molecule has 3 aromatic rings. The Morgan fingerprint density at radius 2 is 1.90 bits per heavy atom. The van der Waals surface area contributed by atoms with Crippen LogP contribution in [0.3, 0.4) is 0 Å². The molecule has 7 nitrogen and oxygen atoms in total. The number of carbonyl (C=O) groups is 1. The summed E-state index contributed by atoms with van der Waals surface area (Å²) in [5, 5.41) is 5.56. The van der Waals surface area contributed by atoms with Gasteiger partial charge in [0.2, 0.25) is 0 Å². The number of nitrogens with zero attached hydrogens (tertiary/aromatic N) is 3. The van der Waals surface area contributed by atoms with Crippen LogP contribution in [0.4, 0.5) is 5.82 Å². The quantitative estimate of drug-likeness (QED) is 0.592. The van der Waals surface area contributed by atoms with Gasteiger partial charge in [-0.15, -0.1) is 11.3 Å². The minimum atomic E-state index is -0.216. The van der Waals surface area contributed by atoms with Crippen molar-refractivity contribution in [1.82, 2.24) is 15.3 Å². The Morgan fingerprint density at radius 3 is 2.58 bits per heavy atom. The topological polar surface area (TPSA) is 76.6 Å². The lowest BCUT2D eigenvalue weighted by atomic mass is 10.1. The highest BCUT2D eigenvalue weighted by Gasteiger charge is 2.18. The van der Waals surface area contributed by atoms with Crippen LogP contribution in [0, 0.1) is 0 Å². The van der Waals surface area contributed by atoms with Crippen molar-refractivity contribution in [2.24, 2.45) is 0 Å². The molecule has 0 unspecified atom stereocenters. The molecule has 2 aromatic heterocycles. The van der Waals surface area contributed by atoms with Crippen LogP contribution in [0.15, 0.2) is 41.9 Å². The monoisotopic (exact) mass is 438 g/mol. The predicted molar refractivity (Wildman–Crippen MR) is 122 cm³/mol. The van der Waals surface area contributed by atoms with Gasteiger partial charge in [-0.2, -0.15) is 0 Å². The summed E-state index contributed by atoms with van der Waals surface area (Å²) in [5.74, 6) is 2.06. The Kier molecular flexibility index (Phi) is 6.36. The molecule has 1 aromatic carbocycles. The van der Waals surface area contributed by atoms with Crippen molar-refractivity contribution < 1.29 is 14.3 Å². The minimum Gasteiger partial charge on any atom is -0.493 e. The highest BCUT2D eigenvalue weighted by Crippen LogP contribution is 2.30. The SMILES string of the molecule is COc1ccc([C@H](C)NC(=O)c2csc(-c3ccc(N4CCCC4)nc3)n2)cc1OC. The number of anilines is 1. The first-order valence-electron chi connectivity index (χ1n) is 10.3. The maximum absolute atomic E-state index is 12.7. The van der Waals surface area contributed by atoms with Gasteiger partial charge in [-0.1, -0.05) is 6.07 Å². The summed E-state index contributed by atoms with van der Waals surface area (Å²) >= 11 is 1.44. The highest BCUT2D eigenvalue weighted by atomic mass is 32.1. The number of carbonyl (C=O) groups excluding carboxylic acids is 1. The maximum Gasteiger partial charge on any atom is 0.271 e. The van der Waals surface area contributed by atoms with Crippen molar-refractivity contribution >= 4 is 23.1 Å². The molecule has 0 saturated carbocycles. The van der Waals surface area contributed by atoms with Gasteiger partial charge in [0.15, 0.2) is 11.5 Å². The van der Waals surface area contributed by atoms with Gasteiger partial charge in [-0.05, 0) is 49.6 Å². The number of hydrogen-bond acceptors (Lipinski definition) is 7. The molecule has 1 saturated heterocycles. The van der Waals surface area contributed by atoms with E-state index in [0.717, 1.165) is 35.0 Å². The molecule has 3 heterocycles. The van der Waals surface area contributed by atoms with Crippen LogP contribution in [0.2, 0.25) is 0 Å². The molecule has 4 rings (SSSR count). The number of benzene rings is 1. The number of hydrogen-bond donors (Lipinski definition) is 1. The smallest absolute Gasteiger partial charge is 0.271 e. The maximum atomic E-state index is 12.7. The first-order valence-corrected chi connectivity index (χ1v) is 11.2. The second-order valence-electron chi connectivity index (χ2n) is 7.45. The van der Waals surface area contributed by atoms with Crippen molar-refractivity contribution in [2.75, 3.05) is 32.2 Å². The van der Waals surface area contributed by atoms with E-state index in [0.29, 0.717) is 17.2 Å². The van der Waals surface area contributed by atoms with Crippen LogP contribution < -0.4 is 19.7 Å². The standard InChI is InChI=1S/C23H26N4O3S/c1-15(16-6-8-19(29-2)20(12-16)30-3)25-22(28)18-14-31-23(26-18)17-7-9-21(24-13-17)27-10-4-5-11-27/h6-9,12-15H,4-5,10-11H2,1-3H3,(H,25,28)/t15-/m0/s1. The van der Waals surface area contributed by atoms with E-state index in [4.69, 9.17) is 9.47 Å². The fourth-order valence-electron chi connectivity index (χ4n) is 3.63. The molecule has 162 valence electrons. The summed E-state index contributed by atoms with van der Waals surface area (Å²) in [4.78, 5) is 24.1. The summed E-state index contributed by atoms with van der Waals surface area (Å²) in [5.41, 5.74) is 2.24. The van der Waals surface area contributed by atoms with Crippen LogP contribution >= 0.6 is 11.3 Å². The molecule has 0 aliphatic carbocycles. The zero-order valence-corrected chi connectivity index (χ0v) is 18.7. The lowest BCUT2D eigenvalue weighted by Crippen LogP contribution is -2.26. The zero-order chi connectivity index (χ0) is 21.8. The van der Waals surface area contributed by atoms with E-state index in [1.54, 1.807) is 19.6 Å². The van der Waals surface area contributed by atoms with Crippen molar-refractivity contribution in [3.8, 4) is 22.1 Å². The molecule has 0 radical (unpaired) electrons. The van der Waals surface area contributed by atoms with Crippen molar-refractivity contribution in [3.63, 3.8) is 0 Å². The summed E-state index contributed by atoms with van der Waals surface area (Å²) in [6, 6.07) is 9.44. The van der Waals surface area contributed by atoms with Crippen LogP contribution in [-0.4, -0.2) is 43.2 Å². The molecule has 31 heavy (non-hydrogen) atoms. The molecule has 1 aliphatic rings. The molecule has 1 atom stereocenters. The second kappa shape index (κ2) is 9.34. The molecule has 0 bridgehead atoms. The van der Waals surface area contributed by atoms with Crippen LogP contribution in [0.1, 0.15) is 41.9 Å². The van der Waals surface area contributed by atoms with Gasteiger partial charge in [-0.25, -0.2) is 9.97 Å². The summed E-state index contributed by atoms with van der Waals surface area (Å²) in [6.07, 6.45) is 4.27. The largest absolute Gasteiger partial charge is 0.493 e. The third-order valence-corrected chi connectivity index (χ3v) is 6.31. The molecular formula is C23H26N4O3S. The van der Waals surface area contributed by atoms with Gasteiger partial charge in [-0.3, -0.25) is 4.79 Å². The molecular weight excluding hydrogens is 412 g/mol. The Morgan fingerprint density at radius 1 is 1.13 bits per heavy atom. The van der Waals surface area contributed by atoms with Gasteiger partial charge >= 0.3 is 0 Å². The fourth-order valence-corrected chi connectivity index (χ4v) is 4.42. The second-order valence-corrected chi connectivity index (χ2v) is 8.30. The van der Waals surface area contributed by atoms with E-state index in [1.165, 1.54) is 24.2 Å². The van der Waals surface area contributed by atoms with Gasteiger partial charge in [0.05, 0.1) is 20.3 Å². The van der Waals surface area contributed by atoms with E-state index in [2.05, 4.69) is 20.2 Å². The third kappa shape index (κ3) is 4.64. The average molecular weight is 439 g/mol. The predicted octanol–water partition coefficient (Wildman–Crippen LogP) is 4.31. The van der Waals surface area contributed by atoms with Crippen molar-refractivity contribution in [1.29, 1.82) is 0 Å². The van der Waals surface area contributed by atoms with Crippen LogP contribution in [-0.2, 0) is 0 Å². The Balaban J connectivity index is 1.43. The molecule has 8 heteroatoms. The van der Waals surface area contributed by atoms with E-state index >= 15 is 0 Å². The van der Waals surface area contributed by atoms with E-state index in [9.17, 15) is 4.79 Å². The molecule has 0 spiro atoms. The Bertz CT molecular complexity index is 1050. The Labute approximate surface area is 186 Å². The summed E-state index contributed by atoms with van der Waals surface area (Å²) in [7, 11) is 3.19. The van der Waals surface area contributed by atoms with Gasteiger partial charge in [0.1, 0.15) is 16.5 Å². The van der Waals surface area contributed by atoms with Gasteiger partial charge < -0.3 is 19.7 Å². The first-order chi connectivity index (χ1) is 15.1. The van der Waals surface area contributed by atoms with E-state index < -0.39 is 0 Å². The molecule has 1 aliphatic heterocycles. The third-order valence-electron chi connectivity index (χ3n) is 5.42. The van der Waals surface area contributed by atoms with E-state index in [-0.39, 0.29) is 11.9 Å². The normalized spacial score (nSPS) is 14.4. The number of thiazole rings is 1. The number of ether oxygens (including phenoxy) is 2. The number of aromatic nitrogens is 2. The number of methoxy groups -OCH3 is 2. The number of pyridine rings is 1. The number of nitrogens with one attached hydrogen (secondary N) is 1. The van der Waals surface area contributed by atoms with Gasteiger partial charge in [0.25, 0.3) is 5.91 Å². The Hall–Kier alpha value is -3.13. The van der Waals surface area contributed by atoms with Crippen molar-refractivity contribution in [2.45, 2.75) is 25.8 Å². The number of amides is 1. The average Bonchev–Trinajstić information content (AvgIpc) is 3.51. The summed E-state index contributed by atoms with van der Waals surface area (Å²) in [6.45, 7) is 4.05. The molecule has 1 amide bonds. The lowest BCUT2D eigenvalue weighted by Gasteiger charge is -2.16. The lowest BCUT2D eigenvalue weighted by molar-refractivity contribution is 0.0935. The first kappa shape index (κ1) is 21.1.